The molecule has 10 aromatic rings. The van der Waals surface area contributed by atoms with Crippen LogP contribution in [-0.4, -0.2) is 0 Å². The molecule has 0 aliphatic heterocycles. The van der Waals surface area contributed by atoms with Crippen molar-refractivity contribution in [3.63, 3.8) is 0 Å². The van der Waals surface area contributed by atoms with E-state index >= 15 is 0 Å². The molecule has 1 atom stereocenters. The van der Waals surface area contributed by atoms with Crippen molar-refractivity contribution in [2.75, 3.05) is 9.80 Å². The summed E-state index contributed by atoms with van der Waals surface area (Å²) >= 11 is 0. The van der Waals surface area contributed by atoms with Crippen LogP contribution >= 0.6 is 0 Å². The number of rotatable bonds is 41. The molecule has 0 heterocycles. The number of nitrogens with zero attached hydrogens (tertiary/aromatic N) is 2. The van der Waals surface area contributed by atoms with E-state index in [1.54, 1.807) is 22.3 Å². The Labute approximate surface area is 656 Å². The van der Waals surface area contributed by atoms with E-state index in [2.05, 4.69) is 304 Å². The normalized spacial score (nSPS) is 13.1. The third kappa shape index (κ3) is 20.0. The molecule has 2 aliphatic carbocycles. The maximum atomic E-state index is 2.60. The molecule has 0 bridgehead atoms. The van der Waals surface area contributed by atoms with Crippen LogP contribution in [0.4, 0.5) is 34.1 Å². The third-order valence-electron chi connectivity index (χ3n) is 24.7. The van der Waals surface area contributed by atoms with E-state index in [-0.39, 0.29) is 10.8 Å². The summed E-state index contributed by atoms with van der Waals surface area (Å²) in [6.45, 7) is 25.0. The van der Waals surface area contributed by atoms with Gasteiger partial charge in [0, 0.05) is 45.0 Å². The zero-order valence-corrected chi connectivity index (χ0v) is 68.9. The minimum absolute atomic E-state index is 0.0891. The smallest absolute Gasteiger partial charge is 0.0462 e. The molecule has 0 spiro atoms. The summed E-state index contributed by atoms with van der Waals surface area (Å²) < 4.78 is 0. The van der Waals surface area contributed by atoms with E-state index in [9.17, 15) is 0 Å². The highest BCUT2D eigenvalue weighted by molar-refractivity contribution is 5.87. The van der Waals surface area contributed by atoms with Crippen LogP contribution in [0, 0.1) is 27.7 Å². The van der Waals surface area contributed by atoms with Crippen LogP contribution in [0.5, 0.6) is 0 Å². The van der Waals surface area contributed by atoms with Crippen LogP contribution in [-0.2, 0) is 17.3 Å². The first-order valence-corrected chi connectivity index (χ1v) is 43.5. The molecular formula is C106H134N2. The van der Waals surface area contributed by atoms with Crippen LogP contribution in [0.25, 0.3) is 44.5 Å². The number of fused-ring (bicyclic) bond motifs is 6. The van der Waals surface area contributed by atoms with Gasteiger partial charge in [0.1, 0.15) is 0 Å². The molecule has 1 unspecified atom stereocenters. The molecule has 0 radical (unpaired) electrons. The van der Waals surface area contributed by atoms with Crippen molar-refractivity contribution >= 4 is 34.1 Å². The van der Waals surface area contributed by atoms with Crippen LogP contribution in [0.15, 0.2) is 218 Å². The number of benzene rings is 10. The lowest BCUT2D eigenvalue weighted by atomic mass is 9.70. The monoisotopic (exact) mass is 1440 g/mol. The lowest BCUT2D eigenvalue weighted by Crippen LogP contribution is -2.25. The molecule has 568 valence electrons. The largest absolute Gasteiger partial charge is 0.311 e. The van der Waals surface area contributed by atoms with Gasteiger partial charge in [-0.15, -0.1) is 0 Å². The summed E-state index contributed by atoms with van der Waals surface area (Å²) in [6.07, 6.45) is 42.0. The first kappa shape index (κ1) is 80.8. The summed E-state index contributed by atoms with van der Waals surface area (Å²) in [5, 5.41) is 0. The van der Waals surface area contributed by atoms with E-state index in [1.807, 2.05) is 0 Å². The van der Waals surface area contributed by atoms with Crippen LogP contribution in [0.1, 0.15) is 309 Å². The Morgan fingerprint density at radius 2 is 0.509 bits per heavy atom. The Morgan fingerprint density at radius 3 is 0.833 bits per heavy atom. The minimum atomic E-state index is 0.0891. The van der Waals surface area contributed by atoms with E-state index < -0.39 is 0 Å². The van der Waals surface area contributed by atoms with Crippen molar-refractivity contribution < 1.29 is 0 Å². The van der Waals surface area contributed by atoms with E-state index in [0.717, 1.165) is 12.8 Å². The van der Waals surface area contributed by atoms with Gasteiger partial charge in [-0.25, -0.2) is 0 Å². The Bertz CT molecular complexity index is 4310. The lowest BCUT2D eigenvalue weighted by molar-refractivity contribution is 0.398. The quantitative estimate of drug-likeness (QED) is 0.0353. The summed E-state index contributed by atoms with van der Waals surface area (Å²) in [6, 6.07) is 84.5. The van der Waals surface area contributed by atoms with E-state index in [1.165, 1.54) is 305 Å². The van der Waals surface area contributed by atoms with Gasteiger partial charge in [0.05, 0.1) is 0 Å². The van der Waals surface area contributed by atoms with Gasteiger partial charge in [-0.2, -0.15) is 0 Å². The number of hydrogen-bond acceptors (Lipinski definition) is 2. The van der Waals surface area contributed by atoms with Gasteiger partial charge < -0.3 is 9.80 Å². The maximum Gasteiger partial charge on any atom is 0.0462 e. The first-order valence-electron chi connectivity index (χ1n) is 43.5. The van der Waals surface area contributed by atoms with Crippen molar-refractivity contribution in [3.8, 4) is 44.5 Å². The summed E-state index contributed by atoms with van der Waals surface area (Å²) in [4.78, 5) is 4.80. The molecule has 2 aliphatic rings. The standard InChI is InChI=1S/2C53H67N/c1-7-10-12-14-16-18-36-53(37-19-17-15-13-11-8-2)51-38-41(5)22-34-49(51)50-35-27-45(39-52(50)53)44-25-32-48(33-26-44)54(46-28-20-40(4)21-29-46)47-30-23-43(24-31-47)42(6)9-3;1-6-9-12-14-16-18-37-53(38-19-17-15-13-10-7-2)51-39-42(5)23-35-49(51)50-36-28-45(40-52(50)53)44-26-33-48(34-27-44)54(46-29-21-41(4)22-30-46)47-31-24-43(25-32-47)20-11-8-3/h20-35,38-39,42H,7-19,36-37H2,1-6H3;21-36,39-40H,6-20,37-38H2,1-5H3. The molecule has 0 N–H and O–H groups in total. The van der Waals surface area contributed by atoms with Crippen LogP contribution in [0.3, 0.4) is 0 Å². The van der Waals surface area contributed by atoms with Gasteiger partial charge in [-0.1, -0.05) is 365 Å². The summed E-state index contributed by atoms with van der Waals surface area (Å²) in [5.41, 5.74) is 33.0. The SMILES string of the molecule is CCCCCCCCC1(CCCCCCCC)c2cc(C)ccc2-c2ccc(-c3ccc(N(c4ccc(C)cc4)c4ccc(C(C)CC)cc4)cc3)cc21.CCCCCCCCC1(CCCCCCCC)c2cc(C)ccc2-c2ccc(-c3ccc(N(c4ccc(C)cc4)c4ccc(CCCC)cc4)cc3)cc21. The second kappa shape index (κ2) is 40.5. The van der Waals surface area contributed by atoms with Crippen molar-refractivity contribution in [2.24, 2.45) is 0 Å². The Morgan fingerprint density at radius 1 is 0.250 bits per heavy atom. The van der Waals surface area contributed by atoms with E-state index in [4.69, 9.17) is 0 Å². The first-order chi connectivity index (χ1) is 52.8. The fourth-order valence-corrected chi connectivity index (χ4v) is 18.0. The van der Waals surface area contributed by atoms with Gasteiger partial charge in [-0.05, 0) is 241 Å². The fourth-order valence-electron chi connectivity index (χ4n) is 18.0. The van der Waals surface area contributed by atoms with Gasteiger partial charge in [-0.3, -0.25) is 0 Å². The molecule has 0 saturated heterocycles. The molecular weight excluding hydrogens is 1300 g/mol. The molecule has 2 nitrogen and oxygen atoms in total. The third-order valence-corrected chi connectivity index (χ3v) is 24.7. The summed E-state index contributed by atoms with van der Waals surface area (Å²) in [5.74, 6) is 0.561. The van der Waals surface area contributed by atoms with Crippen molar-refractivity contribution in [2.45, 2.75) is 298 Å². The molecule has 2 heteroatoms. The highest BCUT2D eigenvalue weighted by Crippen LogP contribution is 2.57. The molecule has 10 aromatic carbocycles. The van der Waals surface area contributed by atoms with Crippen molar-refractivity contribution in [1.29, 1.82) is 0 Å². The lowest BCUT2D eigenvalue weighted by Gasteiger charge is -2.33. The summed E-state index contributed by atoms with van der Waals surface area (Å²) in [7, 11) is 0. The van der Waals surface area contributed by atoms with Crippen LogP contribution < -0.4 is 9.80 Å². The highest BCUT2D eigenvalue weighted by Gasteiger charge is 2.44. The van der Waals surface area contributed by atoms with Gasteiger partial charge in [0.2, 0.25) is 0 Å². The molecule has 108 heavy (non-hydrogen) atoms. The Kier molecular flexibility index (Phi) is 30.3. The Balaban J connectivity index is 0.000000215. The van der Waals surface area contributed by atoms with Crippen LogP contribution in [0.2, 0.25) is 0 Å². The predicted octanol–water partition coefficient (Wildman–Crippen LogP) is 33.3. The fraction of sp³-hybridized carbons (Fsp3) is 0.434. The predicted molar refractivity (Wildman–Crippen MR) is 474 cm³/mol. The zero-order chi connectivity index (χ0) is 75.7. The number of anilines is 6. The molecule has 0 fully saturated rings. The highest BCUT2D eigenvalue weighted by atomic mass is 15.1. The minimum Gasteiger partial charge on any atom is -0.311 e. The van der Waals surface area contributed by atoms with E-state index in [0.29, 0.717) is 5.92 Å². The zero-order valence-electron chi connectivity index (χ0n) is 68.9. The second-order valence-electron chi connectivity index (χ2n) is 33.0. The van der Waals surface area contributed by atoms with Gasteiger partial charge in [0.25, 0.3) is 0 Å². The second-order valence-corrected chi connectivity index (χ2v) is 33.0. The maximum absolute atomic E-state index is 2.60. The number of aryl methyl sites for hydroxylation is 5. The van der Waals surface area contributed by atoms with Crippen molar-refractivity contribution in [1.82, 2.24) is 0 Å². The van der Waals surface area contributed by atoms with Gasteiger partial charge >= 0.3 is 0 Å². The molecule has 0 aromatic heterocycles. The number of hydrogen-bond donors (Lipinski definition) is 0. The number of unbranched alkanes of at least 4 members (excludes halogenated alkanes) is 21. The molecule has 12 rings (SSSR count). The average molecular weight is 1440 g/mol. The average Bonchev–Trinajstić information content (AvgIpc) is 1.57. The van der Waals surface area contributed by atoms with Crippen molar-refractivity contribution in [3.05, 3.63) is 274 Å². The van der Waals surface area contributed by atoms with Gasteiger partial charge in [0.15, 0.2) is 0 Å². The molecule has 0 saturated carbocycles. The Hall–Kier alpha value is -8.20. The molecule has 0 amide bonds. The topological polar surface area (TPSA) is 6.48 Å².